The number of ether oxygens (including phenoxy) is 1. The molecule has 6 heteroatoms. The Morgan fingerprint density at radius 3 is 1.18 bits per heavy atom. The predicted molar refractivity (Wildman–Crippen MR) is 287 cm³/mol. The number of unbranched alkanes of at least 4 members (excludes halogenated alkanes) is 36. The third-order valence-electron chi connectivity index (χ3n) is 13.5. The van der Waals surface area contributed by atoms with Gasteiger partial charge in [-0.25, -0.2) is 0 Å². The van der Waals surface area contributed by atoms with Crippen molar-refractivity contribution >= 4 is 11.9 Å². The number of esters is 1. The summed E-state index contributed by atoms with van der Waals surface area (Å²) in [6, 6.07) is -0.711. The Bertz CT molecular complexity index is 1090. The summed E-state index contributed by atoms with van der Waals surface area (Å²) in [4.78, 5) is 26.2. The van der Waals surface area contributed by atoms with E-state index in [9.17, 15) is 19.8 Å². The van der Waals surface area contributed by atoms with Crippen molar-refractivity contribution in [3.05, 3.63) is 36.5 Å². The molecule has 3 atom stereocenters. The average molecular weight is 929 g/mol. The maximum Gasteiger partial charge on any atom is 0.306 e. The van der Waals surface area contributed by atoms with Crippen LogP contribution in [-0.2, 0) is 14.3 Å². The van der Waals surface area contributed by atoms with E-state index in [4.69, 9.17) is 4.74 Å². The molecule has 0 rings (SSSR count). The van der Waals surface area contributed by atoms with Crippen molar-refractivity contribution in [1.29, 1.82) is 0 Å². The van der Waals surface area contributed by atoms with Crippen molar-refractivity contribution in [2.24, 2.45) is 0 Å². The van der Waals surface area contributed by atoms with E-state index in [1.54, 1.807) is 0 Å². The number of allylic oxidation sites excluding steroid dienone is 6. The van der Waals surface area contributed by atoms with Gasteiger partial charge in [-0.3, -0.25) is 9.59 Å². The second-order valence-electron chi connectivity index (χ2n) is 20.1. The van der Waals surface area contributed by atoms with E-state index < -0.39 is 18.2 Å². The van der Waals surface area contributed by atoms with Crippen molar-refractivity contribution in [3.8, 4) is 0 Å². The number of aliphatic hydroxyl groups is 2. The number of carbonyl (C=O) groups excluding carboxylic acids is 2. The molecule has 3 unspecified atom stereocenters. The fraction of sp³-hybridized carbons (Fsp3) is 0.867. The molecule has 3 N–H and O–H groups in total. The van der Waals surface area contributed by atoms with E-state index in [-0.39, 0.29) is 24.9 Å². The summed E-state index contributed by atoms with van der Waals surface area (Å²) < 4.78 is 5.94. The molecule has 1 amide bonds. The van der Waals surface area contributed by atoms with Crippen molar-refractivity contribution in [3.63, 3.8) is 0 Å². The first-order chi connectivity index (χ1) is 32.5. The van der Waals surface area contributed by atoms with Gasteiger partial charge in [-0.05, 0) is 77.0 Å². The first-order valence-electron chi connectivity index (χ1n) is 29.2. The van der Waals surface area contributed by atoms with Gasteiger partial charge in [0.05, 0.1) is 25.2 Å². The topological polar surface area (TPSA) is 95.9 Å². The first kappa shape index (κ1) is 64.1. The number of rotatable bonds is 53. The standard InChI is InChI=1S/C60H113NO5/c1-4-7-10-13-16-19-22-25-28-30-31-34-37-40-43-46-49-52-58(63)57(55-62)61-59(64)54-56(51-48-45-42-39-36-33-27-24-21-18-15-12-9-6-3)66-60(65)53-50-47-44-41-38-35-32-29-26-23-20-17-14-11-8-5-2/h29,32-33,35-36,38,56-58,62-63H,4-28,30-31,34,37,39-55H2,1-3H3,(H,61,64)/b32-29+,36-33+,38-35+. The molecule has 6 nitrogen and oxygen atoms in total. The minimum absolute atomic E-state index is 0.0592. The lowest BCUT2D eigenvalue weighted by Crippen LogP contribution is -2.46. The van der Waals surface area contributed by atoms with Crippen LogP contribution < -0.4 is 5.32 Å². The van der Waals surface area contributed by atoms with Crippen LogP contribution >= 0.6 is 0 Å². The monoisotopic (exact) mass is 928 g/mol. The van der Waals surface area contributed by atoms with Gasteiger partial charge in [-0.2, -0.15) is 0 Å². The quantitative estimate of drug-likeness (QED) is 0.0244. The lowest BCUT2D eigenvalue weighted by Gasteiger charge is -2.24. The Morgan fingerprint density at radius 2 is 0.773 bits per heavy atom. The molecule has 0 aromatic carbocycles. The molecule has 0 spiro atoms. The summed E-state index contributed by atoms with van der Waals surface area (Å²) in [5.41, 5.74) is 0. The lowest BCUT2D eigenvalue weighted by atomic mass is 10.0. The van der Waals surface area contributed by atoms with Crippen LogP contribution in [0.2, 0.25) is 0 Å². The van der Waals surface area contributed by atoms with E-state index >= 15 is 0 Å². The van der Waals surface area contributed by atoms with Gasteiger partial charge in [-0.15, -0.1) is 0 Å². The van der Waals surface area contributed by atoms with Gasteiger partial charge in [0.1, 0.15) is 6.10 Å². The summed E-state index contributed by atoms with van der Waals surface area (Å²) in [5.74, 6) is -0.507. The summed E-state index contributed by atoms with van der Waals surface area (Å²) in [6.07, 6.45) is 65.0. The largest absolute Gasteiger partial charge is 0.462 e. The smallest absolute Gasteiger partial charge is 0.306 e. The molecule has 0 aromatic rings. The van der Waals surface area contributed by atoms with Crippen LogP contribution in [0.25, 0.3) is 0 Å². The summed E-state index contributed by atoms with van der Waals surface area (Å²) in [6.45, 7) is 6.50. The Labute approximate surface area is 411 Å². The Morgan fingerprint density at radius 1 is 0.439 bits per heavy atom. The normalized spacial score (nSPS) is 13.3. The van der Waals surface area contributed by atoms with Gasteiger partial charge in [-0.1, -0.05) is 256 Å². The number of nitrogens with one attached hydrogen (secondary N) is 1. The fourth-order valence-corrected chi connectivity index (χ4v) is 9.01. The molecule has 0 aliphatic heterocycles. The van der Waals surface area contributed by atoms with Crippen LogP contribution in [0.15, 0.2) is 36.5 Å². The Hall–Kier alpha value is -1.92. The molecule has 0 bridgehead atoms. The number of amides is 1. The molecule has 0 saturated carbocycles. The zero-order chi connectivity index (χ0) is 48.1. The third kappa shape index (κ3) is 48.5. The van der Waals surface area contributed by atoms with Crippen molar-refractivity contribution in [2.45, 2.75) is 328 Å². The average Bonchev–Trinajstić information content (AvgIpc) is 3.31. The maximum absolute atomic E-state index is 13.3. The van der Waals surface area contributed by atoms with Gasteiger partial charge in [0.25, 0.3) is 0 Å². The summed E-state index contributed by atoms with van der Waals surface area (Å²) in [5, 5.41) is 23.9. The SMILES string of the molecule is CCCCCCCCC/C=C/C=C/CCCCCC(=O)OC(CCCCC/C=C/CCCCCCCCC)CC(=O)NC(CO)C(O)CCCCCCCCCCCCCCCCCCC. The molecule has 388 valence electrons. The number of hydrogen-bond donors (Lipinski definition) is 3. The first-order valence-corrected chi connectivity index (χ1v) is 29.2. The maximum atomic E-state index is 13.3. The summed E-state index contributed by atoms with van der Waals surface area (Å²) >= 11 is 0. The van der Waals surface area contributed by atoms with E-state index in [0.717, 1.165) is 83.5 Å². The molecule has 66 heavy (non-hydrogen) atoms. The third-order valence-corrected chi connectivity index (χ3v) is 13.5. The molecule has 0 aliphatic carbocycles. The van der Waals surface area contributed by atoms with Crippen LogP contribution in [0.1, 0.15) is 310 Å². The molecule has 0 radical (unpaired) electrons. The van der Waals surface area contributed by atoms with E-state index in [0.29, 0.717) is 19.3 Å². The number of aliphatic hydroxyl groups excluding tert-OH is 2. The highest BCUT2D eigenvalue weighted by molar-refractivity contribution is 5.77. The number of hydrogen-bond acceptors (Lipinski definition) is 5. The van der Waals surface area contributed by atoms with E-state index in [1.165, 1.54) is 180 Å². The van der Waals surface area contributed by atoms with Crippen LogP contribution in [-0.4, -0.2) is 46.9 Å². The molecule has 0 heterocycles. The van der Waals surface area contributed by atoms with Gasteiger partial charge < -0.3 is 20.3 Å². The fourth-order valence-electron chi connectivity index (χ4n) is 9.01. The second kappa shape index (κ2) is 54.0. The molecular formula is C60H113NO5. The molecular weight excluding hydrogens is 815 g/mol. The zero-order valence-corrected chi connectivity index (χ0v) is 44.3. The molecule has 0 saturated heterocycles. The van der Waals surface area contributed by atoms with Crippen LogP contribution in [0, 0.1) is 0 Å². The zero-order valence-electron chi connectivity index (χ0n) is 44.3. The molecule has 0 aromatic heterocycles. The van der Waals surface area contributed by atoms with Crippen molar-refractivity contribution in [2.75, 3.05) is 6.61 Å². The Kier molecular flexibility index (Phi) is 52.5. The highest BCUT2D eigenvalue weighted by Gasteiger charge is 2.24. The van der Waals surface area contributed by atoms with Gasteiger partial charge in [0, 0.05) is 6.42 Å². The molecule has 0 fully saturated rings. The number of carbonyl (C=O) groups is 2. The summed E-state index contributed by atoms with van der Waals surface area (Å²) in [7, 11) is 0. The van der Waals surface area contributed by atoms with Crippen molar-refractivity contribution < 1.29 is 24.5 Å². The Balaban J connectivity index is 4.56. The highest BCUT2D eigenvalue weighted by atomic mass is 16.5. The van der Waals surface area contributed by atoms with Crippen LogP contribution in [0.5, 0.6) is 0 Å². The van der Waals surface area contributed by atoms with Crippen LogP contribution in [0.4, 0.5) is 0 Å². The van der Waals surface area contributed by atoms with Gasteiger partial charge in [0.2, 0.25) is 5.91 Å². The lowest BCUT2D eigenvalue weighted by molar-refractivity contribution is -0.151. The highest BCUT2D eigenvalue weighted by Crippen LogP contribution is 2.18. The van der Waals surface area contributed by atoms with E-state index in [2.05, 4.69) is 62.5 Å². The van der Waals surface area contributed by atoms with Gasteiger partial charge >= 0.3 is 5.97 Å². The minimum atomic E-state index is -0.795. The minimum Gasteiger partial charge on any atom is -0.462 e. The van der Waals surface area contributed by atoms with Gasteiger partial charge in [0.15, 0.2) is 0 Å². The second-order valence-corrected chi connectivity index (χ2v) is 20.1. The van der Waals surface area contributed by atoms with Crippen molar-refractivity contribution in [1.82, 2.24) is 5.32 Å². The van der Waals surface area contributed by atoms with E-state index in [1.807, 2.05) is 0 Å². The predicted octanol–water partition coefficient (Wildman–Crippen LogP) is 18.0. The molecule has 0 aliphatic rings. The van der Waals surface area contributed by atoms with Crippen LogP contribution in [0.3, 0.4) is 0 Å².